The zero-order chi connectivity index (χ0) is 18.4. The molecule has 0 unspecified atom stereocenters. The number of aryl methyl sites for hydroxylation is 1. The number of hydrogen-bond acceptors (Lipinski definition) is 4. The lowest BCUT2D eigenvalue weighted by Crippen LogP contribution is -2.35. The maximum absolute atomic E-state index is 12.9. The summed E-state index contributed by atoms with van der Waals surface area (Å²) in [5.41, 5.74) is 1.87. The SMILES string of the molecule is Cc1nc(Cc2ccccc2)sc1C(=O)N(CCC(=O)O)CC(C)C. The molecule has 2 aromatic rings. The molecule has 0 fully saturated rings. The Hall–Kier alpha value is -2.21. The quantitative estimate of drug-likeness (QED) is 0.780. The fourth-order valence-corrected chi connectivity index (χ4v) is 3.65. The average Bonchev–Trinajstić information content (AvgIpc) is 2.91. The van der Waals surface area contributed by atoms with Crippen molar-refractivity contribution in [2.24, 2.45) is 5.92 Å². The van der Waals surface area contributed by atoms with E-state index in [0.717, 1.165) is 10.6 Å². The van der Waals surface area contributed by atoms with Gasteiger partial charge in [-0.25, -0.2) is 4.98 Å². The first-order valence-electron chi connectivity index (χ1n) is 8.38. The number of nitrogens with zero attached hydrogens (tertiary/aromatic N) is 2. The van der Waals surface area contributed by atoms with Crippen LogP contribution < -0.4 is 0 Å². The highest BCUT2D eigenvalue weighted by Gasteiger charge is 2.22. The summed E-state index contributed by atoms with van der Waals surface area (Å²) in [7, 11) is 0. The van der Waals surface area contributed by atoms with Crippen LogP contribution in [0.25, 0.3) is 0 Å². The van der Waals surface area contributed by atoms with Gasteiger partial charge in [0, 0.05) is 19.5 Å². The molecular weight excluding hydrogens is 336 g/mol. The first kappa shape index (κ1) is 19.1. The highest BCUT2D eigenvalue weighted by molar-refractivity contribution is 7.13. The van der Waals surface area contributed by atoms with Gasteiger partial charge in [-0.1, -0.05) is 44.2 Å². The van der Waals surface area contributed by atoms with E-state index in [9.17, 15) is 9.59 Å². The van der Waals surface area contributed by atoms with Gasteiger partial charge >= 0.3 is 5.97 Å². The number of rotatable bonds is 8. The van der Waals surface area contributed by atoms with Crippen LogP contribution in [0.3, 0.4) is 0 Å². The van der Waals surface area contributed by atoms with Gasteiger partial charge in [0.2, 0.25) is 0 Å². The van der Waals surface area contributed by atoms with E-state index in [0.29, 0.717) is 23.5 Å². The Bertz CT molecular complexity index is 726. The molecular formula is C19H24N2O3S. The van der Waals surface area contributed by atoms with E-state index in [1.807, 2.05) is 51.1 Å². The van der Waals surface area contributed by atoms with Crippen LogP contribution in [0.5, 0.6) is 0 Å². The molecule has 1 N–H and O–H groups in total. The van der Waals surface area contributed by atoms with E-state index in [1.165, 1.54) is 11.3 Å². The topological polar surface area (TPSA) is 70.5 Å². The molecule has 134 valence electrons. The molecule has 1 aromatic heterocycles. The van der Waals surface area contributed by atoms with Crippen molar-refractivity contribution in [3.8, 4) is 0 Å². The van der Waals surface area contributed by atoms with Crippen LogP contribution in [-0.4, -0.2) is 40.0 Å². The van der Waals surface area contributed by atoms with Crippen LogP contribution in [0.4, 0.5) is 0 Å². The predicted molar refractivity (Wildman–Crippen MR) is 99.1 cm³/mol. The lowest BCUT2D eigenvalue weighted by Gasteiger charge is -2.23. The lowest BCUT2D eigenvalue weighted by atomic mass is 10.2. The third-order valence-electron chi connectivity index (χ3n) is 3.70. The summed E-state index contributed by atoms with van der Waals surface area (Å²) in [6, 6.07) is 10.0. The average molecular weight is 360 g/mol. The predicted octanol–water partition coefficient (Wildman–Crippen LogP) is 3.62. The van der Waals surface area contributed by atoms with Gasteiger partial charge in [-0.3, -0.25) is 9.59 Å². The van der Waals surface area contributed by atoms with Crippen molar-refractivity contribution in [3.05, 3.63) is 51.5 Å². The fourth-order valence-electron chi connectivity index (χ4n) is 2.59. The smallest absolute Gasteiger partial charge is 0.305 e. The number of benzene rings is 1. The molecule has 0 aliphatic carbocycles. The molecule has 0 spiro atoms. The molecule has 5 nitrogen and oxygen atoms in total. The van der Waals surface area contributed by atoms with E-state index >= 15 is 0 Å². The van der Waals surface area contributed by atoms with Crippen molar-refractivity contribution in [2.75, 3.05) is 13.1 Å². The van der Waals surface area contributed by atoms with Crippen molar-refractivity contribution in [1.82, 2.24) is 9.88 Å². The second-order valence-electron chi connectivity index (χ2n) is 6.47. The van der Waals surface area contributed by atoms with Gasteiger partial charge < -0.3 is 10.0 Å². The van der Waals surface area contributed by atoms with Crippen LogP contribution in [-0.2, 0) is 11.2 Å². The van der Waals surface area contributed by atoms with Crippen molar-refractivity contribution in [1.29, 1.82) is 0 Å². The van der Waals surface area contributed by atoms with E-state index in [2.05, 4.69) is 4.98 Å². The van der Waals surface area contributed by atoms with Gasteiger partial charge in [0.1, 0.15) is 4.88 Å². The second kappa shape index (κ2) is 8.76. The van der Waals surface area contributed by atoms with E-state index < -0.39 is 5.97 Å². The van der Waals surface area contributed by atoms with Crippen molar-refractivity contribution in [3.63, 3.8) is 0 Å². The molecule has 1 heterocycles. The van der Waals surface area contributed by atoms with Gasteiger partial charge in [-0.2, -0.15) is 0 Å². The first-order valence-corrected chi connectivity index (χ1v) is 9.19. The number of amides is 1. The molecule has 0 radical (unpaired) electrons. The standard InChI is InChI=1S/C19H24N2O3S/c1-13(2)12-21(10-9-17(22)23)19(24)18-14(3)20-16(25-18)11-15-7-5-4-6-8-15/h4-8,13H,9-12H2,1-3H3,(H,22,23). The number of carboxylic acids is 1. The van der Waals surface area contributed by atoms with Crippen LogP contribution in [0, 0.1) is 12.8 Å². The molecule has 0 aliphatic heterocycles. The highest BCUT2D eigenvalue weighted by Crippen LogP contribution is 2.23. The molecule has 0 saturated carbocycles. The monoisotopic (exact) mass is 360 g/mol. The number of thiazole rings is 1. The Labute approximate surface area is 152 Å². The minimum Gasteiger partial charge on any atom is -0.481 e. The summed E-state index contributed by atoms with van der Waals surface area (Å²) >= 11 is 1.40. The van der Waals surface area contributed by atoms with Gasteiger partial charge in [0.25, 0.3) is 5.91 Å². The molecule has 6 heteroatoms. The number of carboxylic acid groups (broad SMARTS) is 1. The van der Waals surface area contributed by atoms with Crippen LogP contribution in [0.15, 0.2) is 30.3 Å². The minimum absolute atomic E-state index is 0.0484. The molecule has 0 atom stereocenters. The molecule has 0 saturated heterocycles. The number of aromatic nitrogens is 1. The van der Waals surface area contributed by atoms with E-state index in [4.69, 9.17) is 5.11 Å². The highest BCUT2D eigenvalue weighted by atomic mass is 32.1. The van der Waals surface area contributed by atoms with Crippen LogP contribution >= 0.6 is 11.3 Å². The Morgan fingerprint density at radius 2 is 1.92 bits per heavy atom. The molecule has 2 rings (SSSR count). The second-order valence-corrected chi connectivity index (χ2v) is 7.56. The number of hydrogen-bond donors (Lipinski definition) is 1. The summed E-state index contributed by atoms with van der Waals surface area (Å²) in [4.78, 5) is 30.5. The molecule has 0 aliphatic rings. The fraction of sp³-hybridized carbons (Fsp3) is 0.421. The van der Waals surface area contributed by atoms with Gasteiger partial charge in [-0.15, -0.1) is 11.3 Å². The van der Waals surface area contributed by atoms with Crippen molar-refractivity contribution in [2.45, 2.75) is 33.6 Å². The molecule has 25 heavy (non-hydrogen) atoms. The molecule has 0 bridgehead atoms. The van der Waals surface area contributed by atoms with E-state index in [1.54, 1.807) is 4.90 Å². The Morgan fingerprint density at radius 3 is 2.52 bits per heavy atom. The molecule has 1 amide bonds. The Morgan fingerprint density at radius 1 is 1.24 bits per heavy atom. The van der Waals surface area contributed by atoms with Gasteiger partial charge in [-0.05, 0) is 18.4 Å². The maximum atomic E-state index is 12.9. The normalized spacial score (nSPS) is 10.9. The summed E-state index contributed by atoms with van der Waals surface area (Å²) < 4.78 is 0. The summed E-state index contributed by atoms with van der Waals surface area (Å²) in [5, 5.41) is 9.82. The summed E-state index contributed by atoms with van der Waals surface area (Å²) in [6.07, 6.45) is 0.645. The zero-order valence-corrected chi connectivity index (χ0v) is 15.7. The number of carbonyl (C=O) groups is 2. The summed E-state index contributed by atoms with van der Waals surface area (Å²) in [6.45, 7) is 6.63. The van der Waals surface area contributed by atoms with E-state index in [-0.39, 0.29) is 24.8 Å². The minimum atomic E-state index is -0.896. The number of carbonyl (C=O) groups excluding carboxylic acids is 1. The van der Waals surface area contributed by atoms with Gasteiger partial charge in [0.15, 0.2) is 0 Å². The summed E-state index contributed by atoms with van der Waals surface area (Å²) in [5.74, 6) is -0.744. The third kappa shape index (κ3) is 5.67. The Balaban J connectivity index is 2.16. The lowest BCUT2D eigenvalue weighted by molar-refractivity contribution is -0.137. The zero-order valence-electron chi connectivity index (χ0n) is 14.9. The van der Waals surface area contributed by atoms with Crippen LogP contribution in [0.2, 0.25) is 0 Å². The number of aliphatic carboxylic acids is 1. The van der Waals surface area contributed by atoms with Gasteiger partial charge in [0.05, 0.1) is 17.1 Å². The van der Waals surface area contributed by atoms with Crippen molar-refractivity contribution < 1.29 is 14.7 Å². The van der Waals surface area contributed by atoms with Crippen molar-refractivity contribution >= 4 is 23.2 Å². The first-order chi connectivity index (χ1) is 11.9. The third-order valence-corrected chi connectivity index (χ3v) is 4.85. The largest absolute Gasteiger partial charge is 0.481 e. The molecule has 1 aromatic carbocycles. The Kier molecular flexibility index (Phi) is 6.70. The maximum Gasteiger partial charge on any atom is 0.305 e. The van der Waals surface area contributed by atoms with Crippen LogP contribution in [0.1, 0.15) is 46.2 Å².